The first-order valence-corrected chi connectivity index (χ1v) is 11.0. The minimum absolute atomic E-state index is 0.0598. The van der Waals surface area contributed by atoms with Crippen LogP contribution in [-0.4, -0.2) is 19.1 Å². The molecule has 3 aromatic rings. The fourth-order valence-corrected chi connectivity index (χ4v) is 3.55. The summed E-state index contributed by atoms with van der Waals surface area (Å²) in [5.74, 6) is 1.29. The van der Waals surface area contributed by atoms with Gasteiger partial charge in [0.25, 0.3) is 5.91 Å². The summed E-state index contributed by atoms with van der Waals surface area (Å²) < 4.78 is 12.0. The molecule has 0 spiro atoms. The van der Waals surface area contributed by atoms with Crippen LogP contribution < -0.4 is 20.1 Å². The number of rotatable bonds is 9. The number of hydrogen-bond acceptors (Lipinski definition) is 4. The van der Waals surface area contributed by atoms with Crippen molar-refractivity contribution in [2.45, 2.75) is 27.3 Å². The van der Waals surface area contributed by atoms with Gasteiger partial charge in [0.15, 0.2) is 6.61 Å². The Kier molecular flexibility index (Phi) is 7.95. The summed E-state index contributed by atoms with van der Waals surface area (Å²) >= 11 is 3.54. The van der Waals surface area contributed by atoms with E-state index in [0.717, 1.165) is 38.3 Å². The Morgan fingerprint density at radius 3 is 2.45 bits per heavy atom. The van der Waals surface area contributed by atoms with Crippen LogP contribution in [0.5, 0.6) is 11.5 Å². The molecule has 0 saturated heterocycles. The van der Waals surface area contributed by atoms with Crippen LogP contribution in [0.25, 0.3) is 0 Å². The minimum Gasteiger partial charge on any atom is -0.494 e. The number of carbonyl (C=O) groups excluding carboxylic acids is 1. The van der Waals surface area contributed by atoms with E-state index in [9.17, 15) is 4.79 Å². The summed E-state index contributed by atoms with van der Waals surface area (Å²) in [6, 6.07) is 19.7. The summed E-state index contributed by atoms with van der Waals surface area (Å²) in [5.41, 5.74) is 5.03. The van der Waals surface area contributed by atoms with Gasteiger partial charge >= 0.3 is 0 Å². The lowest BCUT2D eigenvalue weighted by molar-refractivity contribution is -0.118. The van der Waals surface area contributed by atoms with Crippen LogP contribution in [0.3, 0.4) is 0 Å². The van der Waals surface area contributed by atoms with Crippen LogP contribution in [0.4, 0.5) is 11.4 Å². The molecular weight excluding hydrogens is 456 g/mol. The van der Waals surface area contributed by atoms with Gasteiger partial charge in [-0.05, 0) is 95.9 Å². The summed E-state index contributed by atoms with van der Waals surface area (Å²) in [4.78, 5) is 12.3. The van der Waals surface area contributed by atoms with Gasteiger partial charge in [-0.3, -0.25) is 4.79 Å². The normalized spacial score (nSPS) is 10.5. The number of aryl methyl sites for hydroxylation is 2. The molecule has 0 aliphatic rings. The van der Waals surface area contributed by atoms with E-state index in [2.05, 4.69) is 26.6 Å². The third-order valence-corrected chi connectivity index (χ3v) is 5.30. The van der Waals surface area contributed by atoms with Crippen molar-refractivity contribution in [2.75, 3.05) is 23.8 Å². The highest BCUT2D eigenvalue weighted by atomic mass is 79.9. The molecule has 0 saturated carbocycles. The standard InChI is InChI=1S/C25H27BrN2O3/c1-4-30-21-10-8-20(9-11-21)27-15-19-7-12-24(22(26)14-19)31-16-25(29)28-23-13-17(2)5-6-18(23)3/h5-14,27H,4,15-16H2,1-3H3,(H,28,29). The van der Waals surface area contributed by atoms with Gasteiger partial charge in [0.2, 0.25) is 0 Å². The topological polar surface area (TPSA) is 59.6 Å². The highest BCUT2D eigenvalue weighted by Crippen LogP contribution is 2.27. The van der Waals surface area contributed by atoms with Gasteiger partial charge in [-0.1, -0.05) is 18.2 Å². The predicted octanol–water partition coefficient (Wildman–Crippen LogP) is 6.09. The van der Waals surface area contributed by atoms with E-state index in [0.29, 0.717) is 18.9 Å². The lowest BCUT2D eigenvalue weighted by Gasteiger charge is -2.12. The Morgan fingerprint density at radius 1 is 0.968 bits per heavy atom. The molecule has 0 heterocycles. The number of nitrogens with one attached hydrogen (secondary N) is 2. The second kappa shape index (κ2) is 10.9. The number of carbonyl (C=O) groups is 1. The average molecular weight is 483 g/mol. The Morgan fingerprint density at radius 2 is 1.74 bits per heavy atom. The largest absolute Gasteiger partial charge is 0.494 e. The van der Waals surface area contributed by atoms with Gasteiger partial charge in [-0.2, -0.15) is 0 Å². The summed E-state index contributed by atoms with van der Waals surface area (Å²) in [6.07, 6.45) is 0. The second-order valence-electron chi connectivity index (χ2n) is 7.23. The second-order valence-corrected chi connectivity index (χ2v) is 8.09. The maximum absolute atomic E-state index is 12.3. The molecule has 31 heavy (non-hydrogen) atoms. The van der Waals surface area contributed by atoms with Crippen molar-refractivity contribution in [3.8, 4) is 11.5 Å². The Labute approximate surface area is 191 Å². The van der Waals surface area contributed by atoms with Crippen LogP contribution >= 0.6 is 15.9 Å². The summed E-state index contributed by atoms with van der Waals surface area (Å²) in [6.45, 7) is 7.19. The molecule has 1 amide bonds. The molecule has 0 atom stereocenters. The van der Waals surface area contributed by atoms with Crippen molar-refractivity contribution in [2.24, 2.45) is 0 Å². The number of ether oxygens (including phenoxy) is 2. The molecule has 0 aliphatic carbocycles. The van der Waals surface area contributed by atoms with Crippen molar-refractivity contribution in [1.82, 2.24) is 0 Å². The molecule has 0 aromatic heterocycles. The van der Waals surface area contributed by atoms with Crippen LogP contribution in [0.2, 0.25) is 0 Å². The molecule has 2 N–H and O–H groups in total. The molecule has 0 bridgehead atoms. The van der Waals surface area contributed by atoms with E-state index < -0.39 is 0 Å². The first-order valence-electron chi connectivity index (χ1n) is 10.2. The quantitative estimate of drug-likeness (QED) is 0.387. The molecule has 5 nitrogen and oxygen atoms in total. The maximum Gasteiger partial charge on any atom is 0.262 e. The van der Waals surface area contributed by atoms with Gasteiger partial charge < -0.3 is 20.1 Å². The zero-order chi connectivity index (χ0) is 22.2. The van der Waals surface area contributed by atoms with Crippen LogP contribution in [-0.2, 0) is 11.3 Å². The molecule has 0 aliphatic heterocycles. The highest BCUT2D eigenvalue weighted by Gasteiger charge is 2.09. The maximum atomic E-state index is 12.3. The van der Waals surface area contributed by atoms with Crippen molar-refractivity contribution >= 4 is 33.2 Å². The monoisotopic (exact) mass is 482 g/mol. The van der Waals surface area contributed by atoms with Gasteiger partial charge in [0.05, 0.1) is 11.1 Å². The van der Waals surface area contributed by atoms with Gasteiger partial charge in [-0.15, -0.1) is 0 Å². The molecule has 3 aromatic carbocycles. The van der Waals surface area contributed by atoms with Crippen LogP contribution in [0, 0.1) is 13.8 Å². The number of benzene rings is 3. The van der Waals surface area contributed by atoms with Crippen LogP contribution in [0.1, 0.15) is 23.6 Å². The molecule has 0 fully saturated rings. The Bertz CT molecular complexity index is 1040. The predicted molar refractivity (Wildman–Crippen MR) is 129 cm³/mol. The van der Waals surface area contributed by atoms with E-state index in [4.69, 9.17) is 9.47 Å². The van der Waals surface area contributed by atoms with Gasteiger partial charge in [-0.25, -0.2) is 0 Å². The first kappa shape index (κ1) is 22.7. The lowest BCUT2D eigenvalue weighted by Crippen LogP contribution is -2.20. The zero-order valence-corrected chi connectivity index (χ0v) is 19.6. The molecule has 3 rings (SSSR count). The smallest absolute Gasteiger partial charge is 0.262 e. The van der Waals surface area contributed by atoms with Crippen LogP contribution in [0.15, 0.2) is 65.1 Å². The number of hydrogen-bond donors (Lipinski definition) is 2. The van der Waals surface area contributed by atoms with Crippen molar-refractivity contribution < 1.29 is 14.3 Å². The summed E-state index contributed by atoms with van der Waals surface area (Å²) in [7, 11) is 0. The third-order valence-electron chi connectivity index (χ3n) is 4.68. The zero-order valence-electron chi connectivity index (χ0n) is 18.0. The average Bonchev–Trinajstić information content (AvgIpc) is 2.75. The SMILES string of the molecule is CCOc1ccc(NCc2ccc(OCC(=O)Nc3cc(C)ccc3C)c(Br)c2)cc1. The molecule has 6 heteroatoms. The third kappa shape index (κ3) is 6.76. The number of amides is 1. The number of anilines is 2. The van der Waals surface area contributed by atoms with E-state index >= 15 is 0 Å². The van der Waals surface area contributed by atoms with Crippen molar-refractivity contribution in [1.29, 1.82) is 0 Å². The minimum atomic E-state index is -0.193. The summed E-state index contributed by atoms with van der Waals surface area (Å²) in [5, 5.41) is 6.29. The van der Waals surface area contributed by atoms with Gasteiger partial charge in [0, 0.05) is 17.9 Å². The van der Waals surface area contributed by atoms with Crippen molar-refractivity contribution in [3.63, 3.8) is 0 Å². The molecular formula is C25H27BrN2O3. The Balaban J connectivity index is 1.51. The van der Waals surface area contributed by atoms with E-state index in [-0.39, 0.29) is 12.5 Å². The van der Waals surface area contributed by atoms with Crippen molar-refractivity contribution in [3.05, 3.63) is 81.8 Å². The number of halogens is 1. The first-order chi connectivity index (χ1) is 14.9. The van der Waals surface area contributed by atoms with Gasteiger partial charge in [0.1, 0.15) is 11.5 Å². The fourth-order valence-electron chi connectivity index (χ4n) is 3.01. The fraction of sp³-hybridized carbons (Fsp3) is 0.240. The van der Waals surface area contributed by atoms with E-state index in [1.165, 1.54) is 0 Å². The molecule has 0 unspecified atom stereocenters. The Hall–Kier alpha value is -2.99. The highest BCUT2D eigenvalue weighted by molar-refractivity contribution is 9.10. The van der Waals surface area contributed by atoms with E-state index in [1.54, 1.807) is 0 Å². The van der Waals surface area contributed by atoms with E-state index in [1.807, 2.05) is 81.4 Å². The molecule has 0 radical (unpaired) electrons. The molecule has 162 valence electrons. The lowest BCUT2D eigenvalue weighted by atomic mass is 10.1.